The minimum atomic E-state index is -0.0504. The lowest BCUT2D eigenvalue weighted by molar-refractivity contribution is -0.114. The topological polar surface area (TPSA) is 29.5 Å². The summed E-state index contributed by atoms with van der Waals surface area (Å²) in [5.74, 6) is -0.0504. The van der Waals surface area contributed by atoms with E-state index in [1.54, 1.807) is 0 Å². The molecule has 1 aliphatic rings. The third-order valence-electron chi connectivity index (χ3n) is 2.39. The maximum absolute atomic E-state index is 11.6. The predicted octanol–water partition coefficient (Wildman–Crippen LogP) is 1.76. The summed E-state index contributed by atoms with van der Waals surface area (Å²) in [6.45, 7) is 1.95. The lowest BCUT2D eigenvalue weighted by atomic mass is 10.1. The summed E-state index contributed by atoms with van der Waals surface area (Å²) in [4.78, 5) is 16.6. The van der Waals surface area contributed by atoms with E-state index in [4.69, 9.17) is 4.84 Å². The van der Waals surface area contributed by atoms with E-state index in [0.29, 0.717) is 0 Å². The van der Waals surface area contributed by atoms with Crippen LogP contribution >= 0.6 is 0 Å². The van der Waals surface area contributed by atoms with E-state index < -0.39 is 0 Å². The van der Waals surface area contributed by atoms with Crippen molar-refractivity contribution in [2.24, 2.45) is 0 Å². The minimum absolute atomic E-state index is 0.0219. The molecule has 0 saturated heterocycles. The smallest absolute Gasteiger partial charge is 0.273 e. The number of fused-ring (bicyclic) bond motifs is 1. The number of rotatable bonds is 1. The summed E-state index contributed by atoms with van der Waals surface area (Å²) >= 11 is 0. The Balaban J connectivity index is 2.50. The normalized spacial score (nSPS) is 20.6. The molecule has 1 aliphatic heterocycles. The van der Waals surface area contributed by atoms with Gasteiger partial charge in [-0.3, -0.25) is 9.63 Å². The van der Waals surface area contributed by atoms with Crippen LogP contribution in [0.4, 0.5) is 0 Å². The molecule has 3 nitrogen and oxygen atoms in total. The number of carbonyl (C=O) groups is 1. The number of hydroxylamine groups is 2. The van der Waals surface area contributed by atoms with E-state index in [1.165, 1.54) is 12.2 Å². The van der Waals surface area contributed by atoms with Crippen LogP contribution in [0.15, 0.2) is 24.3 Å². The molecule has 1 aromatic carbocycles. The van der Waals surface area contributed by atoms with Crippen molar-refractivity contribution in [2.45, 2.75) is 13.0 Å². The molecule has 0 spiro atoms. The molecule has 0 fully saturated rings. The molecule has 1 atom stereocenters. The third-order valence-corrected chi connectivity index (χ3v) is 2.39. The van der Waals surface area contributed by atoms with Crippen molar-refractivity contribution in [2.75, 3.05) is 7.11 Å². The Kier molecular flexibility index (Phi) is 1.81. The van der Waals surface area contributed by atoms with Crippen LogP contribution in [0.5, 0.6) is 0 Å². The first-order valence-corrected chi connectivity index (χ1v) is 4.22. The number of carbonyl (C=O) groups excluding carboxylic acids is 1. The molecular formula is C10H11NO2. The molecule has 1 aromatic rings. The standard InChI is InChI=1S/C10H11NO2/c1-7-8-5-3-4-6-9(8)10(12)11(7)13-2/h3-7H,1-2H3/t7-/m0/s1. The highest BCUT2D eigenvalue weighted by Gasteiger charge is 2.33. The molecule has 1 amide bonds. The highest BCUT2D eigenvalue weighted by Crippen LogP contribution is 2.32. The Morgan fingerprint density at radius 2 is 2.08 bits per heavy atom. The van der Waals surface area contributed by atoms with Crippen LogP contribution in [0, 0.1) is 0 Å². The number of hydrogen-bond acceptors (Lipinski definition) is 2. The average Bonchev–Trinajstić information content (AvgIpc) is 2.41. The third kappa shape index (κ3) is 1.04. The summed E-state index contributed by atoms with van der Waals surface area (Å²) in [6, 6.07) is 7.60. The number of benzene rings is 1. The van der Waals surface area contributed by atoms with Crippen molar-refractivity contribution >= 4 is 5.91 Å². The average molecular weight is 177 g/mol. The quantitative estimate of drug-likeness (QED) is 0.654. The highest BCUT2D eigenvalue weighted by atomic mass is 16.7. The van der Waals surface area contributed by atoms with Crippen molar-refractivity contribution in [1.82, 2.24) is 5.06 Å². The van der Waals surface area contributed by atoms with Gasteiger partial charge in [0.05, 0.1) is 13.2 Å². The molecule has 0 unspecified atom stereocenters. The number of amides is 1. The molecule has 0 N–H and O–H groups in total. The summed E-state index contributed by atoms with van der Waals surface area (Å²) < 4.78 is 0. The molecule has 0 saturated carbocycles. The first-order chi connectivity index (χ1) is 6.25. The zero-order valence-corrected chi connectivity index (χ0v) is 7.65. The Morgan fingerprint density at radius 3 is 2.69 bits per heavy atom. The second-order valence-corrected chi connectivity index (χ2v) is 3.08. The summed E-state index contributed by atoms with van der Waals surface area (Å²) in [5.41, 5.74) is 1.78. The Morgan fingerprint density at radius 1 is 1.38 bits per heavy atom. The van der Waals surface area contributed by atoms with E-state index in [-0.39, 0.29) is 11.9 Å². The van der Waals surface area contributed by atoms with Gasteiger partial charge < -0.3 is 0 Å². The molecule has 0 aromatic heterocycles. The van der Waals surface area contributed by atoms with Crippen molar-refractivity contribution in [3.8, 4) is 0 Å². The van der Waals surface area contributed by atoms with Crippen LogP contribution in [-0.2, 0) is 4.84 Å². The largest absolute Gasteiger partial charge is 0.278 e. The fourth-order valence-corrected chi connectivity index (χ4v) is 1.72. The second kappa shape index (κ2) is 2.85. The van der Waals surface area contributed by atoms with E-state index in [1.807, 2.05) is 31.2 Å². The predicted molar refractivity (Wildman–Crippen MR) is 48.0 cm³/mol. The van der Waals surface area contributed by atoms with Crippen LogP contribution in [0.1, 0.15) is 28.9 Å². The molecule has 0 bridgehead atoms. The summed E-state index contributed by atoms with van der Waals surface area (Å²) in [6.07, 6.45) is 0. The SMILES string of the molecule is CON1C(=O)c2ccccc2[C@@H]1C. The maximum atomic E-state index is 11.6. The van der Waals surface area contributed by atoms with Crippen LogP contribution in [0.3, 0.4) is 0 Å². The molecule has 3 heteroatoms. The Labute approximate surface area is 76.9 Å². The second-order valence-electron chi connectivity index (χ2n) is 3.08. The van der Waals surface area contributed by atoms with Gasteiger partial charge in [-0.25, -0.2) is 5.06 Å². The van der Waals surface area contributed by atoms with E-state index >= 15 is 0 Å². The van der Waals surface area contributed by atoms with Crippen LogP contribution in [0.25, 0.3) is 0 Å². The Hall–Kier alpha value is -1.35. The highest BCUT2D eigenvalue weighted by molar-refractivity contribution is 5.98. The zero-order chi connectivity index (χ0) is 9.42. The van der Waals surface area contributed by atoms with Crippen LogP contribution in [0.2, 0.25) is 0 Å². The number of hydrogen-bond donors (Lipinski definition) is 0. The van der Waals surface area contributed by atoms with Gasteiger partial charge in [0.2, 0.25) is 0 Å². The van der Waals surface area contributed by atoms with E-state index in [0.717, 1.165) is 11.1 Å². The van der Waals surface area contributed by atoms with Gasteiger partial charge in [-0.05, 0) is 18.6 Å². The summed E-state index contributed by atoms with van der Waals surface area (Å²) in [7, 11) is 1.51. The molecule has 0 radical (unpaired) electrons. The Bertz CT molecular complexity index is 349. The monoisotopic (exact) mass is 177 g/mol. The van der Waals surface area contributed by atoms with Crippen molar-refractivity contribution in [3.63, 3.8) is 0 Å². The summed E-state index contributed by atoms with van der Waals surface area (Å²) in [5, 5.41) is 1.39. The molecule has 0 aliphatic carbocycles. The van der Waals surface area contributed by atoms with Gasteiger partial charge >= 0.3 is 0 Å². The first-order valence-electron chi connectivity index (χ1n) is 4.22. The zero-order valence-electron chi connectivity index (χ0n) is 7.65. The van der Waals surface area contributed by atoms with Gasteiger partial charge in [0, 0.05) is 5.56 Å². The van der Waals surface area contributed by atoms with E-state index in [2.05, 4.69) is 0 Å². The minimum Gasteiger partial charge on any atom is -0.273 e. The van der Waals surface area contributed by atoms with Gasteiger partial charge in [-0.2, -0.15) is 0 Å². The van der Waals surface area contributed by atoms with E-state index in [9.17, 15) is 4.79 Å². The van der Waals surface area contributed by atoms with Crippen molar-refractivity contribution < 1.29 is 9.63 Å². The number of nitrogens with zero attached hydrogens (tertiary/aromatic N) is 1. The van der Waals surface area contributed by atoms with Crippen LogP contribution < -0.4 is 0 Å². The maximum Gasteiger partial charge on any atom is 0.278 e. The fourth-order valence-electron chi connectivity index (χ4n) is 1.72. The molecule has 68 valence electrons. The molecule has 2 rings (SSSR count). The molecular weight excluding hydrogens is 166 g/mol. The lowest BCUT2D eigenvalue weighted by Gasteiger charge is -2.17. The van der Waals surface area contributed by atoms with Gasteiger partial charge in [-0.1, -0.05) is 18.2 Å². The van der Waals surface area contributed by atoms with Gasteiger partial charge in [-0.15, -0.1) is 0 Å². The fraction of sp³-hybridized carbons (Fsp3) is 0.300. The van der Waals surface area contributed by atoms with Crippen molar-refractivity contribution in [3.05, 3.63) is 35.4 Å². The molecule has 13 heavy (non-hydrogen) atoms. The van der Waals surface area contributed by atoms with Gasteiger partial charge in [0.1, 0.15) is 0 Å². The van der Waals surface area contributed by atoms with Gasteiger partial charge in [0.15, 0.2) is 0 Å². The lowest BCUT2D eigenvalue weighted by Crippen LogP contribution is -2.25. The molecule has 1 heterocycles. The van der Waals surface area contributed by atoms with Crippen LogP contribution in [-0.4, -0.2) is 18.1 Å². The first kappa shape index (κ1) is 8.26. The van der Waals surface area contributed by atoms with Crippen molar-refractivity contribution in [1.29, 1.82) is 0 Å². The van der Waals surface area contributed by atoms with Gasteiger partial charge in [0.25, 0.3) is 5.91 Å².